The lowest BCUT2D eigenvalue weighted by molar-refractivity contribution is 0.0952. The van der Waals surface area contributed by atoms with Crippen LogP contribution in [0.25, 0.3) is 11.3 Å². The second kappa shape index (κ2) is 8.56. The van der Waals surface area contributed by atoms with Gasteiger partial charge in [-0.1, -0.05) is 41.9 Å². The lowest BCUT2D eigenvalue weighted by Crippen LogP contribution is -2.31. The number of nitrogens with one attached hydrogen (secondary N) is 2. The normalized spacial score (nSPS) is 10.4. The minimum Gasteiger partial charge on any atom is -0.496 e. The summed E-state index contributed by atoms with van der Waals surface area (Å²) < 4.78 is 5.29. The Bertz CT molecular complexity index is 997. The van der Waals surface area contributed by atoms with Gasteiger partial charge in [-0.3, -0.25) is 9.59 Å². The van der Waals surface area contributed by atoms with Gasteiger partial charge in [-0.05, 0) is 47.9 Å². The van der Waals surface area contributed by atoms with E-state index in [0.29, 0.717) is 23.7 Å². The summed E-state index contributed by atoms with van der Waals surface area (Å²) in [5.41, 5.74) is 2.08. The van der Waals surface area contributed by atoms with Crippen LogP contribution in [0.4, 0.5) is 0 Å². The summed E-state index contributed by atoms with van der Waals surface area (Å²) in [6, 6.07) is 18.0. The number of carbonyl (C=O) groups excluding carboxylic acids is 1. The van der Waals surface area contributed by atoms with Crippen LogP contribution in [0.2, 0.25) is 5.02 Å². The molecule has 0 atom stereocenters. The number of rotatable bonds is 6. The highest BCUT2D eigenvalue weighted by molar-refractivity contribution is 6.30. The molecule has 0 aliphatic rings. The number of methoxy groups -OCH3 is 1. The van der Waals surface area contributed by atoms with Gasteiger partial charge in [0, 0.05) is 17.3 Å². The maximum Gasteiger partial charge on any atom is 0.261 e. The summed E-state index contributed by atoms with van der Waals surface area (Å²) in [5, 5.41) is 3.39. The Balaban J connectivity index is 1.66. The Kier molecular flexibility index (Phi) is 5.94. The van der Waals surface area contributed by atoms with Crippen molar-refractivity contribution in [1.29, 1.82) is 0 Å². The largest absolute Gasteiger partial charge is 0.496 e. The topological polar surface area (TPSA) is 71.2 Å². The monoisotopic (exact) mass is 382 g/mol. The third-order valence-corrected chi connectivity index (χ3v) is 4.43. The van der Waals surface area contributed by atoms with Gasteiger partial charge in [0.1, 0.15) is 11.3 Å². The highest BCUT2D eigenvalue weighted by Gasteiger charge is 2.11. The number of H-pyrrole nitrogens is 1. The number of carbonyl (C=O) groups is 1. The molecule has 27 heavy (non-hydrogen) atoms. The molecule has 1 amide bonds. The molecular weight excluding hydrogens is 364 g/mol. The molecule has 2 aromatic carbocycles. The van der Waals surface area contributed by atoms with Crippen molar-refractivity contribution in [2.24, 2.45) is 0 Å². The van der Waals surface area contributed by atoms with Gasteiger partial charge < -0.3 is 15.0 Å². The van der Waals surface area contributed by atoms with Gasteiger partial charge in [-0.25, -0.2) is 0 Å². The second-order valence-corrected chi connectivity index (χ2v) is 6.38. The van der Waals surface area contributed by atoms with E-state index < -0.39 is 11.5 Å². The minimum atomic E-state index is -0.433. The van der Waals surface area contributed by atoms with Crippen LogP contribution >= 0.6 is 11.6 Å². The lowest BCUT2D eigenvalue weighted by Gasteiger charge is -2.09. The lowest BCUT2D eigenvalue weighted by atomic mass is 10.1. The maximum atomic E-state index is 12.3. The molecule has 0 fully saturated rings. The van der Waals surface area contributed by atoms with Gasteiger partial charge in [0.2, 0.25) is 0 Å². The first kappa shape index (κ1) is 18.7. The molecule has 0 radical (unpaired) electrons. The first-order valence-electron chi connectivity index (χ1n) is 8.48. The predicted octanol–water partition coefficient (Wildman–Crippen LogP) is 3.68. The third kappa shape index (κ3) is 4.57. The third-order valence-electron chi connectivity index (χ3n) is 4.18. The Morgan fingerprint density at radius 2 is 1.81 bits per heavy atom. The number of benzene rings is 2. The number of amides is 1. The molecule has 3 rings (SSSR count). The molecule has 3 aromatic rings. The summed E-state index contributed by atoms with van der Waals surface area (Å²) in [6.45, 7) is 0.400. The zero-order valence-electron chi connectivity index (χ0n) is 14.8. The molecule has 0 saturated heterocycles. The van der Waals surface area contributed by atoms with Crippen LogP contribution < -0.4 is 15.6 Å². The van der Waals surface area contributed by atoms with E-state index in [1.807, 2.05) is 24.3 Å². The Hall–Kier alpha value is -3.05. The van der Waals surface area contributed by atoms with Crippen molar-refractivity contribution in [3.63, 3.8) is 0 Å². The smallest absolute Gasteiger partial charge is 0.261 e. The quantitative estimate of drug-likeness (QED) is 0.683. The summed E-state index contributed by atoms with van der Waals surface area (Å²) in [4.78, 5) is 27.4. The number of hydrogen-bond acceptors (Lipinski definition) is 3. The van der Waals surface area contributed by atoms with Crippen molar-refractivity contribution in [3.05, 3.63) is 87.2 Å². The first-order valence-corrected chi connectivity index (χ1v) is 8.85. The van der Waals surface area contributed by atoms with Crippen LogP contribution in [-0.2, 0) is 6.42 Å². The second-order valence-electron chi connectivity index (χ2n) is 5.94. The number of ether oxygens (including phenoxy) is 1. The number of hydrogen-bond donors (Lipinski definition) is 2. The fourth-order valence-electron chi connectivity index (χ4n) is 2.77. The summed E-state index contributed by atoms with van der Waals surface area (Å²) in [5.74, 6) is 0.366. The zero-order valence-corrected chi connectivity index (χ0v) is 15.5. The first-order chi connectivity index (χ1) is 13.1. The van der Waals surface area contributed by atoms with Crippen LogP contribution in [0, 0.1) is 0 Å². The molecular formula is C21H19ClN2O3. The standard InChI is InChI=1S/C21H19ClN2O3/c1-27-19-5-3-2-4-15(19)12-13-23-20(25)17-10-11-18(24-21(17)26)14-6-8-16(22)9-7-14/h2-11H,12-13H2,1H3,(H,23,25)(H,24,26). The van der Waals surface area contributed by atoms with Gasteiger partial charge in [0.05, 0.1) is 7.11 Å². The van der Waals surface area contributed by atoms with Crippen LogP contribution in [0.1, 0.15) is 15.9 Å². The fourth-order valence-corrected chi connectivity index (χ4v) is 2.89. The molecule has 0 saturated carbocycles. The molecule has 0 unspecified atom stereocenters. The molecule has 1 aromatic heterocycles. The number of halogens is 1. The SMILES string of the molecule is COc1ccccc1CCNC(=O)c1ccc(-c2ccc(Cl)cc2)[nH]c1=O. The van der Waals surface area contributed by atoms with E-state index in [0.717, 1.165) is 16.9 Å². The molecule has 6 heteroatoms. The Labute approximate surface area is 162 Å². The zero-order chi connectivity index (χ0) is 19.2. The molecule has 138 valence electrons. The van der Waals surface area contributed by atoms with E-state index >= 15 is 0 Å². The molecule has 0 spiro atoms. The number of aromatic nitrogens is 1. The van der Waals surface area contributed by atoms with Crippen LogP contribution in [0.3, 0.4) is 0 Å². The van der Waals surface area contributed by atoms with Crippen LogP contribution in [0.5, 0.6) is 5.75 Å². The average Bonchev–Trinajstić information content (AvgIpc) is 2.68. The average molecular weight is 383 g/mol. The molecule has 0 aliphatic carbocycles. The highest BCUT2D eigenvalue weighted by atomic mass is 35.5. The van der Waals surface area contributed by atoms with E-state index in [1.54, 1.807) is 37.4 Å². The Morgan fingerprint density at radius 1 is 1.07 bits per heavy atom. The molecule has 0 bridgehead atoms. The maximum absolute atomic E-state index is 12.3. The Morgan fingerprint density at radius 3 is 2.52 bits per heavy atom. The fraction of sp³-hybridized carbons (Fsp3) is 0.143. The molecule has 2 N–H and O–H groups in total. The highest BCUT2D eigenvalue weighted by Crippen LogP contribution is 2.19. The van der Waals surface area contributed by atoms with E-state index in [2.05, 4.69) is 10.3 Å². The van der Waals surface area contributed by atoms with Gasteiger partial charge in [0.25, 0.3) is 11.5 Å². The number of para-hydroxylation sites is 1. The van der Waals surface area contributed by atoms with E-state index in [4.69, 9.17) is 16.3 Å². The predicted molar refractivity (Wildman–Crippen MR) is 107 cm³/mol. The molecule has 5 nitrogen and oxygen atoms in total. The summed E-state index contributed by atoms with van der Waals surface area (Å²) >= 11 is 5.88. The van der Waals surface area contributed by atoms with Crippen molar-refractivity contribution in [3.8, 4) is 17.0 Å². The molecule has 0 aliphatic heterocycles. The van der Waals surface area contributed by atoms with Gasteiger partial charge >= 0.3 is 0 Å². The van der Waals surface area contributed by atoms with Crippen LogP contribution in [-0.4, -0.2) is 24.5 Å². The number of aromatic amines is 1. The van der Waals surface area contributed by atoms with Gasteiger partial charge in [0.15, 0.2) is 0 Å². The van der Waals surface area contributed by atoms with Crippen molar-refractivity contribution < 1.29 is 9.53 Å². The van der Waals surface area contributed by atoms with Crippen molar-refractivity contribution in [2.45, 2.75) is 6.42 Å². The van der Waals surface area contributed by atoms with E-state index in [9.17, 15) is 9.59 Å². The van der Waals surface area contributed by atoms with Crippen molar-refractivity contribution in [2.75, 3.05) is 13.7 Å². The molecule has 1 heterocycles. The summed E-state index contributed by atoms with van der Waals surface area (Å²) in [6.07, 6.45) is 0.608. The van der Waals surface area contributed by atoms with Gasteiger partial charge in [-0.2, -0.15) is 0 Å². The van der Waals surface area contributed by atoms with E-state index in [-0.39, 0.29) is 5.56 Å². The van der Waals surface area contributed by atoms with Crippen molar-refractivity contribution in [1.82, 2.24) is 10.3 Å². The number of pyridine rings is 1. The van der Waals surface area contributed by atoms with Crippen molar-refractivity contribution >= 4 is 17.5 Å². The van der Waals surface area contributed by atoms with E-state index in [1.165, 1.54) is 6.07 Å². The van der Waals surface area contributed by atoms with Gasteiger partial charge in [-0.15, -0.1) is 0 Å². The minimum absolute atomic E-state index is 0.0766. The summed E-state index contributed by atoms with van der Waals surface area (Å²) in [7, 11) is 1.61. The van der Waals surface area contributed by atoms with Crippen LogP contribution in [0.15, 0.2) is 65.5 Å².